The van der Waals surface area contributed by atoms with Gasteiger partial charge in [0.05, 0.1) is 6.42 Å². The molecule has 1 saturated heterocycles. The van der Waals surface area contributed by atoms with Crippen LogP contribution in [0.15, 0.2) is 29.2 Å². The fourth-order valence-corrected chi connectivity index (χ4v) is 3.72. The molecule has 0 aliphatic carbocycles. The van der Waals surface area contributed by atoms with Crippen molar-refractivity contribution >= 4 is 23.6 Å². The van der Waals surface area contributed by atoms with E-state index < -0.39 is 0 Å². The predicted octanol–water partition coefficient (Wildman–Crippen LogP) is 3.45. The molecule has 2 rings (SSSR count). The van der Waals surface area contributed by atoms with Crippen LogP contribution in [0.3, 0.4) is 0 Å². The Bertz CT molecular complexity index is 597. The Kier molecular flexibility index (Phi) is 6.55. The first-order valence-corrected chi connectivity index (χ1v) is 9.87. The van der Waals surface area contributed by atoms with E-state index in [1.165, 1.54) is 4.90 Å². The van der Waals surface area contributed by atoms with E-state index in [9.17, 15) is 9.59 Å². The third-order valence-corrected chi connectivity index (χ3v) is 5.23. The van der Waals surface area contributed by atoms with Crippen molar-refractivity contribution in [3.63, 3.8) is 0 Å². The average molecular weight is 363 g/mol. The molecule has 5 heteroatoms. The predicted molar refractivity (Wildman–Crippen MR) is 104 cm³/mol. The third-order valence-electron chi connectivity index (χ3n) is 4.21. The average Bonchev–Trinajstić information content (AvgIpc) is 2.55. The standard InChI is InChI=1S/C20H30N2O2S/c1-15(2)25-17-8-6-16(7-9-17)14-18(23)21-10-12-22(13-11-21)19(24)20(3,4)5/h6-9,15H,10-14H2,1-5H3. The van der Waals surface area contributed by atoms with Gasteiger partial charge in [-0.25, -0.2) is 0 Å². The smallest absolute Gasteiger partial charge is 0.228 e. The van der Waals surface area contributed by atoms with Crippen molar-refractivity contribution in [2.45, 2.75) is 51.2 Å². The van der Waals surface area contributed by atoms with Gasteiger partial charge in [-0.15, -0.1) is 11.8 Å². The summed E-state index contributed by atoms with van der Waals surface area (Å²) in [5, 5.41) is 0.555. The maximum atomic E-state index is 12.5. The molecule has 1 aromatic carbocycles. The van der Waals surface area contributed by atoms with Gasteiger partial charge in [0.15, 0.2) is 0 Å². The highest BCUT2D eigenvalue weighted by Crippen LogP contribution is 2.23. The second kappa shape index (κ2) is 8.26. The molecule has 1 heterocycles. The van der Waals surface area contributed by atoms with Gasteiger partial charge in [0.1, 0.15) is 0 Å². The second-order valence-corrected chi connectivity index (χ2v) is 9.56. The number of piperazine rings is 1. The summed E-state index contributed by atoms with van der Waals surface area (Å²) in [5.74, 6) is 0.310. The van der Waals surface area contributed by atoms with Crippen LogP contribution in [-0.4, -0.2) is 53.0 Å². The molecule has 25 heavy (non-hydrogen) atoms. The number of carbonyl (C=O) groups is 2. The summed E-state index contributed by atoms with van der Waals surface area (Å²) in [6.07, 6.45) is 0.430. The molecule has 1 aromatic rings. The number of amides is 2. The van der Waals surface area contributed by atoms with Crippen LogP contribution in [0.1, 0.15) is 40.2 Å². The fourth-order valence-electron chi connectivity index (χ4n) is 2.88. The maximum absolute atomic E-state index is 12.5. The molecular formula is C20H30N2O2S. The zero-order valence-electron chi connectivity index (χ0n) is 16.0. The lowest BCUT2D eigenvalue weighted by Crippen LogP contribution is -2.53. The van der Waals surface area contributed by atoms with Crippen LogP contribution >= 0.6 is 11.8 Å². The molecule has 1 fully saturated rings. The number of benzene rings is 1. The van der Waals surface area contributed by atoms with Crippen LogP contribution in [0.2, 0.25) is 0 Å². The summed E-state index contributed by atoms with van der Waals surface area (Å²) in [6.45, 7) is 12.7. The number of carbonyl (C=O) groups excluding carboxylic acids is 2. The summed E-state index contributed by atoms with van der Waals surface area (Å²) >= 11 is 1.83. The molecule has 138 valence electrons. The lowest BCUT2D eigenvalue weighted by molar-refractivity contribution is -0.144. The molecule has 0 aromatic heterocycles. The molecule has 0 spiro atoms. The quantitative estimate of drug-likeness (QED) is 0.770. The topological polar surface area (TPSA) is 40.6 Å². The Morgan fingerprint density at radius 3 is 2.00 bits per heavy atom. The number of thioether (sulfide) groups is 1. The zero-order valence-corrected chi connectivity index (χ0v) is 16.9. The van der Waals surface area contributed by atoms with Crippen LogP contribution in [0, 0.1) is 5.41 Å². The molecule has 2 amide bonds. The van der Waals surface area contributed by atoms with E-state index in [1.54, 1.807) is 0 Å². The van der Waals surface area contributed by atoms with E-state index in [1.807, 2.05) is 54.5 Å². The van der Waals surface area contributed by atoms with Gasteiger partial charge in [-0.3, -0.25) is 9.59 Å². The molecule has 0 saturated carbocycles. The van der Waals surface area contributed by atoms with Crippen molar-refractivity contribution in [2.24, 2.45) is 5.41 Å². The van der Waals surface area contributed by atoms with Crippen molar-refractivity contribution in [1.82, 2.24) is 9.80 Å². The van der Waals surface area contributed by atoms with Gasteiger partial charge in [-0.2, -0.15) is 0 Å². The molecule has 1 aliphatic rings. The SMILES string of the molecule is CC(C)Sc1ccc(CC(=O)N2CCN(C(=O)C(C)(C)C)CC2)cc1. The van der Waals surface area contributed by atoms with E-state index in [-0.39, 0.29) is 17.2 Å². The van der Waals surface area contributed by atoms with Gasteiger partial charge in [0.2, 0.25) is 11.8 Å². The summed E-state index contributed by atoms with van der Waals surface area (Å²) in [4.78, 5) is 29.8. The minimum absolute atomic E-state index is 0.145. The highest BCUT2D eigenvalue weighted by molar-refractivity contribution is 7.99. The Hall–Kier alpha value is -1.49. The van der Waals surface area contributed by atoms with E-state index >= 15 is 0 Å². The minimum atomic E-state index is -0.359. The molecule has 0 unspecified atom stereocenters. The van der Waals surface area contributed by atoms with E-state index in [0.717, 1.165) is 5.56 Å². The van der Waals surface area contributed by atoms with E-state index in [0.29, 0.717) is 37.8 Å². The molecule has 0 atom stereocenters. The van der Waals surface area contributed by atoms with E-state index in [2.05, 4.69) is 26.0 Å². The first-order chi connectivity index (χ1) is 11.7. The van der Waals surface area contributed by atoms with Crippen molar-refractivity contribution in [2.75, 3.05) is 26.2 Å². The molecule has 4 nitrogen and oxygen atoms in total. The molecule has 1 aliphatic heterocycles. The second-order valence-electron chi connectivity index (χ2n) is 7.91. The Balaban J connectivity index is 1.85. The van der Waals surface area contributed by atoms with Gasteiger partial charge in [0, 0.05) is 41.7 Å². The largest absolute Gasteiger partial charge is 0.339 e. The van der Waals surface area contributed by atoms with Crippen LogP contribution in [-0.2, 0) is 16.0 Å². The van der Waals surface area contributed by atoms with Gasteiger partial charge in [-0.05, 0) is 17.7 Å². The van der Waals surface area contributed by atoms with Crippen LogP contribution < -0.4 is 0 Å². The van der Waals surface area contributed by atoms with Gasteiger partial charge < -0.3 is 9.80 Å². The fraction of sp³-hybridized carbons (Fsp3) is 0.600. The van der Waals surface area contributed by atoms with Crippen molar-refractivity contribution in [3.05, 3.63) is 29.8 Å². The molecular weight excluding hydrogens is 332 g/mol. The summed E-state index contributed by atoms with van der Waals surface area (Å²) in [6, 6.07) is 8.27. The van der Waals surface area contributed by atoms with Crippen molar-refractivity contribution in [1.29, 1.82) is 0 Å². The Morgan fingerprint density at radius 2 is 1.52 bits per heavy atom. The number of hydrogen-bond acceptors (Lipinski definition) is 3. The summed E-state index contributed by atoms with van der Waals surface area (Å²) in [7, 11) is 0. The number of rotatable bonds is 4. The molecule has 0 bridgehead atoms. The maximum Gasteiger partial charge on any atom is 0.228 e. The number of hydrogen-bond donors (Lipinski definition) is 0. The van der Waals surface area contributed by atoms with Crippen LogP contribution in [0.25, 0.3) is 0 Å². The lowest BCUT2D eigenvalue weighted by Gasteiger charge is -2.37. The van der Waals surface area contributed by atoms with Gasteiger partial charge in [0.25, 0.3) is 0 Å². The third kappa shape index (κ3) is 5.77. The van der Waals surface area contributed by atoms with Crippen molar-refractivity contribution < 1.29 is 9.59 Å². The highest BCUT2D eigenvalue weighted by atomic mass is 32.2. The minimum Gasteiger partial charge on any atom is -0.339 e. The summed E-state index contributed by atoms with van der Waals surface area (Å²) in [5.41, 5.74) is 0.688. The highest BCUT2D eigenvalue weighted by Gasteiger charge is 2.30. The van der Waals surface area contributed by atoms with Crippen LogP contribution in [0.4, 0.5) is 0 Å². The number of nitrogens with zero attached hydrogens (tertiary/aromatic N) is 2. The molecule has 0 radical (unpaired) electrons. The van der Waals surface area contributed by atoms with Crippen molar-refractivity contribution in [3.8, 4) is 0 Å². The summed E-state index contributed by atoms with van der Waals surface area (Å²) < 4.78 is 0. The molecule has 0 N–H and O–H groups in total. The first-order valence-electron chi connectivity index (χ1n) is 8.99. The Labute approximate surface area is 156 Å². The Morgan fingerprint density at radius 1 is 1.00 bits per heavy atom. The first kappa shape index (κ1) is 19.8. The normalized spacial score (nSPS) is 15.6. The van der Waals surface area contributed by atoms with Crippen LogP contribution in [0.5, 0.6) is 0 Å². The van der Waals surface area contributed by atoms with Gasteiger partial charge in [-0.1, -0.05) is 46.8 Å². The van der Waals surface area contributed by atoms with E-state index in [4.69, 9.17) is 0 Å². The van der Waals surface area contributed by atoms with Gasteiger partial charge >= 0.3 is 0 Å². The monoisotopic (exact) mass is 362 g/mol. The zero-order chi connectivity index (χ0) is 18.6. The lowest BCUT2D eigenvalue weighted by atomic mass is 9.94.